The molecule has 0 aliphatic carbocycles. The highest BCUT2D eigenvalue weighted by Crippen LogP contribution is 2.27. The average molecular weight is 342 g/mol. The molecule has 1 atom stereocenters. The van der Waals surface area contributed by atoms with Crippen molar-refractivity contribution < 1.29 is 9.53 Å². The van der Waals surface area contributed by atoms with Crippen LogP contribution in [-0.2, 0) is 4.79 Å². The number of amides is 1. The Morgan fingerprint density at radius 1 is 1.20 bits per heavy atom. The second-order valence-corrected chi connectivity index (χ2v) is 5.85. The Morgan fingerprint density at radius 3 is 2.56 bits per heavy atom. The van der Waals surface area contributed by atoms with Crippen molar-refractivity contribution in [2.75, 3.05) is 7.11 Å². The molecule has 8 heteroatoms. The number of hydrogen-bond acceptors (Lipinski definition) is 4. The van der Waals surface area contributed by atoms with Crippen molar-refractivity contribution in [3.63, 3.8) is 0 Å². The quantitative estimate of drug-likeness (QED) is 0.547. The van der Waals surface area contributed by atoms with Gasteiger partial charge >= 0.3 is 0 Å². The molecule has 8 nitrogen and oxygen atoms in total. The first kappa shape index (κ1) is 16.6. The number of primary amides is 1. The van der Waals surface area contributed by atoms with Gasteiger partial charge < -0.3 is 20.6 Å². The summed E-state index contributed by atoms with van der Waals surface area (Å²) in [5, 5.41) is 5.91. The predicted molar refractivity (Wildman–Crippen MR) is 92.9 cm³/mol. The fraction of sp³-hybridized carbons (Fsp3) is 0.235. The summed E-state index contributed by atoms with van der Waals surface area (Å²) in [5.74, 6) is -0.713. The molecule has 0 bridgehead atoms. The third-order valence-corrected chi connectivity index (χ3v) is 4.22. The highest BCUT2D eigenvalue weighted by Gasteiger charge is 2.25. The van der Waals surface area contributed by atoms with Crippen molar-refractivity contribution in [3.05, 3.63) is 61.8 Å². The molecule has 2 heterocycles. The molecule has 0 aliphatic heterocycles. The number of rotatable bonds is 5. The summed E-state index contributed by atoms with van der Waals surface area (Å²) in [5.41, 5.74) is 6.41. The van der Waals surface area contributed by atoms with Gasteiger partial charge in [0.05, 0.1) is 7.11 Å². The van der Waals surface area contributed by atoms with Gasteiger partial charge in [-0.15, -0.1) is 0 Å². The van der Waals surface area contributed by atoms with Crippen molar-refractivity contribution in [3.8, 4) is 5.75 Å². The Labute approximate surface area is 142 Å². The normalized spacial score (nSPS) is 12.2. The van der Waals surface area contributed by atoms with Crippen LogP contribution in [0.15, 0.2) is 33.9 Å². The van der Waals surface area contributed by atoms with Gasteiger partial charge in [-0.1, -0.05) is 0 Å². The molecule has 25 heavy (non-hydrogen) atoms. The summed E-state index contributed by atoms with van der Waals surface area (Å²) < 4.78 is 5.20. The molecule has 2 aromatic heterocycles. The number of ether oxygens (including phenoxy) is 1. The van der Waals surface area contributed by atoms with Crippen molar-refractivity contribution >= 4 is 16.8 Å². The number of aryl methyl sites for hydroxylation is 1. The molecule has 3 aromatic rings. The predicted octanol–water partition coefficient (Wildman–Crippen LogP) is 0.869. The monoisotopic (exact) mass is 342 g/mol. The van der Waals surface area contributed by atoms with E-state index < -0.39 is 11.8 Å². The lowest BCUT2D eigenvalue weighted by atomic mass is 9.88. The zero-order valence-electron chi connectivity index (χ0n) is 13.8. The SMILES string of the molecule is COc1ccc2[nH]c(=O)c([C@@H](CC(N)=O)c3c(C)[nH][nH]c3=O)cc2c1. The van der Waals surface area contributed by atoms with Crippen LogP contribution in [0.2, 0.25) is 0 Å². The standard InChI is InChI=1S/C17H18N4O4/c1-8-15(17(24)21-20-8)11(7-14(18)22)12-6-9-5-10(25-2)3-4-13(9)19-16(12)23/h3-6,11H,7H2,1-2H3,(H2,18,22)(H,19,23)(H2,20,21,24)/t11-/m1/s1. The van der Waals surface area contributed by atoms with E-state index in [4.69, 9.17) is 10.5 Å². The summed E-state index contributed by atoms with van der Waals surface area (Å²) in [7, 11) is 1.55. The number of aromatic nitrogens is 3. The van der Waals surface area contributed by atoms with Crippen LogP contribution in [0.5, 0.6) is 5.75 Å². The number of nitrogens with one attached hydrogen (secondary N) is 3. The van der Waals surface area contributed by atoms with Crippen LogP contribution >= 0.6 is 0 Å². The number of carbonyl (C=O) groups excluding carboxylic acids is 1. The molecule has 3 rings (SSSR count). The van der Waals surface area contributed by atoms with Crippen LogP contribution in [0.1, 0.15) is 29.2 Å². The molecule has 0 radical (unpaired) electrons. The maximum absolute atomic E-state index is 12.6. The van der Waals surface area contributed by atoms with Gasteiger partial charge in [0.15, 0.2) is 0 Å². The van der Waals surface area contributed by atoms with Crippen molar-refractivity contribution in [2.24, 2.45) is 5.73 Å². The van der Waals surface area contributed by atoms with E-state index in [0.717, 1.165) is 5.39 Å². The number of carbonyl (C=O) groups is 1. The van der Waals surface area contributed by atoms with Crippen LogP contribution in [0, 0.1) is 6.92 Å². The third-order valence-electron chi connectivity index (χ3n) is 4.22. The summed E-state index contributed by atoms with van der Waals surface area (Å²) in [6, 6.07) is 6.90. The Bertz CT molecular complexity index is 1060. The summed E-state index contributed by atoms with van der Waals surface area (Å²) in [6.45, 7) is 1.69. The van der Waals surface area contributed by atoms with Crippen LogP contribution in [0.25, 0.3) is 10.9 Å². The number of nitrogens with two attached hydrogens (primary N) is 1. The van der Waals surface area contributed by atoms with E-state index in [1.165, 1.54) is 0 Å². The summed E-state index contributed by atoms with van der Waals surface area (Å²) in [4.78, 5) is 39.0. The van der Waals surface area contributed by atoms with E-state index in [-0.39, 0.29) is 17.5 Å². The Kier molecular flexibility index (Phi) is 4.18. The minimum absolute atomic E-state index is 0.152. The molecular weight excluding hydrogens is 324 g/mol. The number of H-pyrrole nitrogens is 3. The topological polar surface area (TPSA) is 134 Å². The van der Waals surface area contributed by atoms with Gasteiger partial charge in [0.25, 0.3) is 11.1 Å². The molecule has 5 N–H and O–H groups in total. The Hall–Kier alpha value is -3.29. The molecule has 1 amide bonds. The van der Waals surface area contributed by atoms with E-state index in [1.807, 2.05) is 0 Å². The first-order valence-electron chi connectivity index (χ1n) is 7.67. The molecule has 0 spiro atoms. The van der Waals surface area contributed by atoms with E-state index in [0.29, 0.717) is 28.1 Å². The van der Waals surface area contributed by atoms with Crippen molar-refractivity contribution in [1.82, 2.24) is 15.2 Å². The number of aromatic amines is 3. The minimum atomic E-state index is -0.744. The number of methoxy groups -OCH3 is 1. The van der Waals surface area contributed by atoms with Crippen LogP contribution in [0.4, 0.5) is 0 Å². The van der Waals surface area contributed by atoms with Crippen molar-refractivity contribution in [1.29, 1.82) is 0 Å². The van der Waals surface area contributed by atoms with E-state index in [1.54, 1.807) is 38.3 Å². The maximum Gasteiger partial charge on any atom is 0.267 e. The highest BCUT2D eigenvalue weighted by atomic mass is 16.5. The smallest absolute Gasteiger partial charge is 0.267 e. The number of pyridine rings is 1. The third kappa shape index (κ3) is 3.06. The van der Waals surface area contributed by atoms with Crippen LogP contribution < -0.4 is 21.6 Å². The maximum atomic E-state index is 12.6. The van der Waals surface area contributed by atoms with Crippen LogP contribution in [0.3, 0.4) is 0 Å². The molecule has 0 saturated heterocycles. The molecule has 1 aromatic carbocycles. The van der Waals surface area contributed by atoms with Crippen molar-refractivity contribution in [2.45, 2.75) is 19.3 Å². The molecular formula is C17H18N4O4. The first-order valence-corrected chi connectivity index (χ1v) is 7.67. The molecule has 0 aliphatic rings. The van der Waals surface area contributed by atoms with Gasteiger partial charge in [0.2, 0.25) is 5.91 Å². The lowest BCUT2D eigenvalue weighted by Crippen LogP contribution is -2.25. The molecule has 0 fully saturated rings. The number of hydrogen-bond donors (Lipinski definition) is 4. The second-order valence-electron chi connectivity index (χ2n) is 5.85. The zero-order valence-corrected chi connectivity index (χ0v) is 13.8. The highest BCUT2D eigenvalue weighted by molar-refractivity contribution is 5.81. The van der Waals surface area contributed by atoms with Gasteiger partial charge in [-0.2, -0.15) is 0 Å². The van der Waals surface area contributed by atoms with E-state index in [9.17, 15) is 14.4 Å². The number of fused-ring (bicyclic) bond motifs is 1. The van der Waals surface area contributed by atoms with Gasteiger partial charge in [-0.05, 0) is 31.2 Å². The van der Waals surface area contributed by atoms with Crippen LogP contribution in [-0.4, -0.2) is 28.2 Å². The summed E-state index contributed by atoms with van der Waals surface area (Å²) in [6.07, 6.45) is -0.152. The van der Waals surface area contributed by atoms with E-state index in [2.05, 4.69) is 15.2 Å². The van der Waals surface area contributed by atoms with Gasteiger partial charge in [-0.3, -0.25) is 19.5 Å². The van der Waals surface area contributed by atoms with Gasteiger partial charge in [0, 0.05) is 40.1 Å². The summed E-state index contributed by atoms with van der Waals surface area (Å²) >= 11 is 0. The number of benzene rings is 1. The van der Waals surface area contributed by atoms with E-state index >= 15 is 0 Å². The van der Waals surface area contributed by atoms with Gasteiger partial charge in [0.1, 0.15) is 5.75 Å². The molecule has 0 unspecified atom stereocenters. The zero-order chi connectivity index (χ0) is 18.1. The first-order chi connectivity index (χ1) is 11.9. The minimum Gasteiger partial charge on any atom is -0.497 e. The fourth-order valence-electron chi connectivity index (χ4n) is 3.03. The molecule has 0 saturated carbocycles. The average Bonchev–Trinajstić information content (AvgIpc) is 2.90. The fourth-order valence-corrected chi connectivity index (χ4v) is 3.03. The molecule has 130 valence electrons. The van der Waals surface area contributed by atoms with Gasteiger partial charge in [-0.25, -0.2) is 0 Å². The Morgan fingerprint density at radius 2 is 1.96 bits per heavy atom. The Balaban J connectivity index is 2.25. The largest absolute Gasteiger partial charge is 0.497 e. The second kappa shape index (κ2) is 6.31. The lowest BCUT2D eigenvalue weighted by molar-refractivity contribution is -0.118. The lowest BCUT2D eigenvalue weighted by Gasteiger charge is -2.15.